The Bertz CT molecular complexity index is 824. The fraction of sp³-hybridized carbons (Fsp3) is 0.455. The molecule has 9 heteroatoms. The van der Waals surface area contributed by atoms with Crippen LogP contribution >= 0.6 is 24.0 Å². The highest BCUT2D eigenvalue weighted by atomic mass is 127. The highest BCUT2D eigenvalue weighted by Crippen LogP contribution is 2.12. The molecule has 1 amide bonds. The SMILES string of the molecule is CCOC(=O)N1CCC(NC(=NCc2ccccc2F)NCCc2ccco2)CC1.I. The van der Waals surface area contributed by atoms with Crippen LogP contribution in [0.1, 0.15) is 31.1 Å². The molecule has 1 fully saturated rings. The third-order valence-electron chi connectivity index (χ3n) is 4.97. The number of piperidine rings is 1. The lowest BCUT2D eigenvalue weighted by Gasteiger charge is -2.32. The van der Waals surface area contributed by atoms with E-state index in [0.717, 1.165) is 18.6 Å². The number of benzene rings is 1. The number of aliphatic imine (C=N–C) groups is 1. The molecule has 1 saturated heterocycles. The normalized spacial score (nSPS) is 14.6. The van der Waals surface area contributed by atoms with Gasteiger partial charge < -0.3 is 24.7 Å². The van der Waals surface area contributed by atoms with E-state index in [2.05, 4.69) is 15.6 Å². The molecule has 2 N–H and O–H groups in total. The average Bonchev–Trinajstić information content (AvgIpc) is 3.27. The summed E-state index contributed by atoms with van der Waals surface area (Å²) in [7, 11) is 0. The number of likely N-dealkylation sites (tertiary alicyclic amines) is 1. The van der Waals surface area contributed by atoms with E-state index in [-0.39, 0.29) is 48.5 Å². The number of ether oxygens (including phenoxy) is 1. The maximum absolute atomic E-state index is 13.9. The summed E-state index contributed by atoms with van der Waals surface area (Å²) in [5, 5.41) is 6.72. The van der Waals surface area contributed by atoms with Crippen molar-refractivity contribution in [3.8, 4) is 0 Å². The molecular weight excluding hydrogens is 514 g/mol. The van der Waals surface area contributed by atoms with Crippen molar-refractivity contribution in [3.05, 3.63) is 59.8 Å². The first-order chi connectivity index (χ1) is 14.7. The molecule has 1 aromatic carbocycles. The minimum absolute atomic E-state index is 0. The molecule has 3 rings (SSSR count). The Balaban J connectivity index is 0.00000341. The van der Waals surface area contributed by atoms with Crippen LogP contribution in [0.4, 0.5) is 9.18 Å². The highest BCUT2D eigenvalue weighted by Gasteiger charge is 2.24. The summed E-state index contributed by atoms with van der Waals surface area (Å²) < 4.78 is 24.4. The number of amides is 1. The lowest BCUT2D eigenvalue weighted by molar-refractivity contribution is 0.0963. The van der Waals surface area contributed by atoms with Crippen molar-refractivity contribution < 1.29 is 18.3 Å². The third-order valence-corrected chi connectivity index (χ3v) is 4.97. The maximum Gasteiger partial charge on any atom is 0.409 e. The smallest absolute Gasteiger partial charge is 0.409 e. The number of rotatable bonds is 7. The Labute approximate surface area is 199 Å². The lowest BCUT2D eigenvalue weighted by atomic mass is 10.1. The molecule has 170 valence electrons. The van der Waals surface area contributed by atoms with E-state index < -0.39 is 0 Å². The number of carbonyl (C=O) groups excluding carboxylic acids is 1. The van der Waals surface area contributed by atoms with Crippen molar-refractivity contribution in [1.29, 1.82) is 0 Å². The van der Waals surface area contributed by atoms with E-state index in [1.54, 1.807) is 36.3 Å². The quantitative estimate of drug-likeness (QED) is 0.314. The van der Waals surface area contributed by atoms with Gasteiger partial charge >= 0.3 is 6.09 Å². The molecule has 0 aliphatic carbocycles. The molecule has 0 radical (unpaired) electrons. The predicted octanol–water partition coefficient (Wildman–Crippen LogP) is 3.94. The molecule has 0 spiro atoms. The van der Waals surface area contributed by atoms with Crippen LogP contribution in [0.15, 0.2) is 52.1 Å². The molecule has 0 atom stereocenters. The molecule has 1 aliphatic heterocycles. The van der Waals surface area contributed by atoms with E-state index in [1.165, 1.54) is 6.07 Å². The van der Waals surface area contributed by atoms with E-state index in [1.807, 2.05) is 12.1 Å². The Morgan fingerprint density at radius 2 is 2.03 bits per heavy atom. The zero-order valence-electron chi connectivity index (χ0n) is 17.7. The highest BCUT2D eigenvalue weighted by molar-refractivity contribution is 14.0. The van der Waals surface area contributed by atoms with Crippen molar-refractivity contribution in [2.24, 2.45) is 4.99 Å². The van der Waals surface area contributed by atoms with Gasteiger partial charge in [-0.2, -0.15) is 0 Å². The van der Waals surface area contributed by atoms with Crippen LogP contribution in [0, 0.1) is 5.82 Å². The monoisotopic (exact) mass is 544 g/mol. The molecule has 0 saturated carbocycles. The van der Waals surface area contributed by atoms with E-state index in [4.69, 9.17) is 9.15 Å². The van der Waals surface area contributed by atoms with Gasteiger partial charge in [0.25, 0.3) is 0 Å². The number of nitrogens with zero attached hydrogens (tertiary/aromatic N) is 2. The summed E-state index contributed by atoms with van der Waals surface area (Å²) in [6.07, 6.45) is 3.68. The van der Waals surface area contributed by atoms with E-state index in [0.29, 0.717) is 44.2 Å². The molecular formula is C22H30FIN4O3. The van der Waals surface area contributed by atoms with Crippen LogP contribution < -0.4 is 10.6 Å². The van der Waals surface area contributed by atoms with Crippen LogP contribution in [-0.4, -0.2) is 49.2 Å². The molecule has 31 heavy (non-hydrogen) atoms. The Kier molecular flexibility index (Phi) is 10.6. The van der Waals surface area contributed by atoms with Gasteiger partial charge in [0.05, 0.1) is 19.4 Å². The number of hydrogen-bond acceptors (Lipinski definition) is 4. The molecule has 0 unspecified atom stereocenters. The largest absolute Gasteiger partial charge is 0.469 e. The topological polar surface area (TPSA) is 79.1 Å². The van der Waals surface area contributed by atoms with Crippen molar-refractivity contribution in [2.45, 2.75) is 38.8 Å². The van der Waals surface area contributed by atoms with Crippen LogP contribution in [0.25, 0.3) is 0 Å². The van der Waals surface area contributed by atoms with Gasteiger partial charge in [-0.3, -0.25) is 0 Å². The van der Waals surface area contributed by atoms with E-state index >= 15 is 0 Å². The molecule has 0 bridgehead atoms. The summed E-state index contributed by atoms with van der Waals surface area (Å²) in [4.78, 5) is 18.2. The fourth-order valence-electron chi connectivity index (χ4n) is 3.32. The van der Waals surface area contributed by atoms with Gasteiger partial charge in [0.1, 0.15) is 11.6 Å². The van der Waals surface area contributed by atoms with E-state index in [9.17, 15) is 9.18 Å². The number of carbonyl (C=O) groups is 1. The molecule has 7 nitrogen and oxygen atoms in total. The van der Waals surface area contributed by atoms with Gasteiger partial charge in [-0.05, 0) is 38.0 Å². The first kappa shape index (κ1) is 25.0. The van der Waals surface area contributed by atoms with Crippen molar-refractivity contribution in [1.82, 2.24) is 15.5 Å². The van der Waals surface area contributed by atoms with Crippen LogP contribution in [-0.2, 0) is 17.7 Å². The average molecular weight is 544 g/mol. The Hall–Kier alpha value is -2.30. The summed E-state index contributed by atoms with van der Waals surface area (Å²) in [5.74, 6) is 1.25. The summed E-state index contributed by atoms with van der Waals surface area (Å²) in [6.45, 7) is 4.32. The first-order valence-electron chi connectivity index (χ1n) is 10.4. The van der Waals surface area contributed by atoms with Gasteiger partial charge in [0.15, 0.2) is 5.96 Å². The standard InChI is InChI=1S/C22H29FN4O3.HI/c1-2-29-22(28)27-13-10-18(11-14-27)26-21(24-12-9-19-7-5-15-30-19)25-16-17-6-3-4-8-20(17)23;/h3-8,15,18H,2,9-14,16H2,1H3,(H2,24,25,26);1H. The van der Waals surface area contributed by atoms with Gasteiger partial charge in [-0.25, -0.2) is 14.2 Å². The second-order valence-corrected chi connectivity index (χ2v) is 7.12. The predicted molar refractivity (Wildman–Crippen MR) is 128 cm³/mol. The number of furan rings is 1. The molecule has 2 heterocycles. The molecule has 1 aliphatic rings. The number of hydrogen-bond donors (Lipinski definition) is 2. The number of halogens is 2. The van der Waals surface area contributed by atoms with Gasteiger partial charge in [0, 0.05) is 37.7 Å². The van der Waals surface area contributed by atoms with Crippen LogP contribution in [0.2, 0.25) is 0 Å². The number of nitrogens with one attached hydrogen (secondary N) is 2. The lowest BCUT2D eigenvalue weighted by Crippen LogP contribution is -2.50. The first-order valence-corrected chi connectivity index (χ1v) is 10.4. The summed E-state index contributed by atoms with van der Waals surface area (Å²) >= 11 is 0. The second kappa shape index (κ2) is 13.2. The minimum Gasteiger partial charge on any atom is -0.469 e. The minimum atomic E-state index is -0.265. The second-order valence-electron chi connectivity index (χ2n) is 7.12. The summed E-state index contributed by atoms with van der Waals surface area (Å²) in [6, 6.07) is 10.6. The molecule has 2 aromatic rings. The van der Waals surface area contributed by atoms with Gasteiger partial charge in [0.2, 0.25) is 0 Å². The van der Waals surface area contributed by atoms with Crippen molar-refractivity contribution >= 4 is 36.0 Å². The van der Waals surface area contributed by atoms with Crippen LogP contribution in [0.3, 0.4) is 0 Å². The maximum atomic E-state index is 13.9. The van der Waals surface area contributed by atoms with Crippen molar-refractivity contribution in [2.75, 3.05) is 26.2 Å². The summed E-state index contributed by atoms with van der Waals surface area (Å²) in [5.41, 5.74) is 0.543. The van der Waals surface area contributed by atoms with Crippen molar-refractivity contribution in [3.63, 3.8) is 0 Å². The van der Waals surface area contributed by atoms with Crippen LogP contribution in [0.5, 0.6) is 0 Å². The third kappa shape index (κ3) is 8.04. The van der Waals surface area contributed by atoms with Gasteiger partial charge in [-0.15, -0.1) is 24.0 Å². The van der Waals surface area contributed by atoms with Gasteiger partial charge in [-0.1, -0.05) is 18.2 Å². The molecule has 1 aromatic heterocycles. The fourth-order valence-corrected chi connectivity index (χ4v) is 3.32. The Morgan fingerprint density at radius 1 is 1.26 bits per heavy atom. The number of guanidine groups is 1. The zero-order chi connectivity index (χ0) is 21.2. The Morgan fingerprint density at radius 3 is 2.71 bits per heavy atom. The zero-order valence-corrected chi connectivity index (χ0v) is 20.0.